The normalized spacial score (nSPS) is 10.7. The lowest BCUT2D eigenvalue weighted by atomic mass is 10.1. The number of hydrogen-bond donors (Lipinski definition) is 0. The summed E-state index contributed by atoms with van der Waals surface area (Å²) in [5.74, 6) is 1.56. The molecule has 0 spiro atoms. The van der Waals surface area contributed by atoms with Crippen LogP contribution in [-0.2, 0) is 0 Å². The maximum atomic E-state index is 5.96. The maximum absolute atomic E-state index is 5.96. The summed E-state index contributed by atoms with van der Waals surface area (Å²) in [6.07, 6.45) is 5.67. The Balaban J connectivity index is 2.08. The molecular weight excluding hydrogens is 260 g/mol. The van der Waals surface area contributed by atoms with Crippen molar-refractivity contribution in [2.24, 2.45) is 0 Å². The molecule has 106 valence electrons. The molecule has 0 saturated carbocycles. The van der Waals surface area contributed by atoms with Gasteiger partial charge in [0, 0.05) is 12.4 Å². The van der Waals surface area contributed by atoms with Gasteiger partial charge >= 0.3 is 0 Å². The molecule has 3 rings (SSSR count). The second-order valence-electron chi connectivity index (χ2n) is 4.97. The number of benzene rings is 2. The summed E-state index contributed by atoms with van der Waals surface area (Å²) in [5, 5.41) is 2.34. The Kier molecular flexibility index (Phi) is 4.10. The van der Waals surface area contributed by atoms with Gasteiger partial charge in [0.1, 0.15) is 5.75 Å². The van der Waals surface area contributed by atoms with Crippen molar-refractivity contribution in [2.45, 2.75) is 19.8 Å². The SMILES string of the molecule is CCCCOc1cc2ccccc2cc1-c1ncccn1. The Morgan fingerprint density at radius 2 is 1.67 bits per heavy atom. The fourth-order valence-corrected chi connectivity index (χ4v) is 2.28. The second-order valence-corrected chi connectivity index (χ2v) is 4.97. The van der Waals surface area contributed by atoms with Gasteiger partial charge in [-0.15, -0.1) is 0 Å². The average molecular weight is 278 g/mol. The molecule has 1 aromatic heterocycles. The maximum Gasteiger partial charge on any atom is 0.162 e. The van der Waals surface area contributed by atoms with Gasteiger partial charge in [-0.1, -0.05) is 37.6 Å². The minimum absolute atomic E-state index is 0.703. The van der Waals surface area contributed by atoms with Crippen LogP contribution in [0.15, 0.2) is 54.9 Å². The van der Waals surface area contributed by atoms with Gasteiger partial charge in [-0.3, -0.25) is 0 Å². The Bertz CT molecular complexity index is 726. The van der Waals surface area contributed by atoms with Crippen LogP contribution in [0.1, 0.15) is 19.8 Å². The van der Waals surface area contributed by atoms with Crippen LogP contribution in [0.5, 0.6) is 5.75 Å². The Hall–Kier alpha value is -2.42. The highest BCUT2D eigenvalue weighted by Gasteiger charge is 2.10. The van der Waals surface area contributed by atoms with E-state index in [1.54, 1.807) is 12.4 Å². The Labute approximate surface area is 124 Å². The van der Waals surface area contributed by atoms with Crippen molar-refractivity contribution < 1.29 is 4.74 Å². The monoisotopic (exact) mass is 278 g/mol. The lowest BCUT2D eigenvalue weighted by Crippen LogP contribution is -1.99. The van der Waals surface area contributed by atoms with Gasteiger partial charge in [0.15, 0.2) is 5.82 Å². The quantitative estimate of drug-likeness (QED) is 0.646. The highest BCUT2D eigenvalue weighted by atomic mass is 16.5. The van der Waals surface area contributed by atoms with Crippen molar-refractivity contribution in [1.82, 2.24) is 9.97 Å². The van der Waals surface area contributed by atoms with Crippen LogP contribution >= 0.6 is 0 Å². The van der Waals surface area contributed by atoms with Crippen LogP contribution in [-0.4, -0.2) is 16.6 Å². The standard InChI is InChI=1S/C18H18N2O/c1-2-3-11-21-17-13-15-8-5-4-7-14(15)12-16(17)18-19-9-6-10-20-18/h4-10,12-13H,2-3,11H2,1H3. The molecule has 3 heteroatoms. The summed E-state index contributed by atoms with van der Waals surface area (Å²) >= 11 is 0. The Morgan fingerprint density at radius 1 is 0.952 bits per heavy atom. The van der Waals surface area contributed by atoms with Crippen molar-refractivity contribution in [2.75, 3.05) is 6.61 Å². The predicted octanol–water partition coefficient (Wildman–Crippen LogP) is 4.48. The molecule has 0 N–H and O–H groups in total. The van der Waals surface area contributed by atoms with Crippen LogP contribution < -0.4 is 4.74 Å². The lowest BCUT2D eigenvalue weighted by Gasteiger charge is -2.12. The zero-order chi connectivity index (χ0) is 14.5. The first-order valence-electron chi connectivity index (χ1n) is 7.31. The number of aromatic nitrogens is 2. The zero-order valence-corrected chi connectivity index (χ0v) is 12.1. The summed E-state index contributed by atoms with van der Waals surface area (Å²) in [6, 6.07) is 14.3. The van der Waals surface area contributed by atoms with E-state index < -0.39 is 0 Å². The van der Waals surface area contributed by atoms with Gasteiger partial charge in [0.2, 0.25) is 0 Å². The van der Waals surface area contributed by atoms with E-state index in [1.165, 1.54) is 10.8 Å². The van der Waals surface area contributed by atoms with Crippen molar-refractivity contribution in [3.8, 4) is 17.1 Å². The largest absolute Gasteiger partial charge is 0.493 e. The first-order valence-corrected chi connectivity index (χ1v) is 7.31. The molecule has 3 nitrogen and oxygen atoms in total. The topological polar surface area (TPSA) is 35.0 Å². The van der Waals surface area contributed by atoms with Crippen LogP contribution in [0.2, 0.25) is 0 Å². The number of unbranched alkanes of at least 4 members (excludes halogenated alkanes) is 1. The predicted molar refractivity (Wildman–Crippen MR) is 85.4 cm³/mol. The van der Waals surface area contributed by atoms with Crippen molar-refractivity contribution in [3.05, 3.63) is 54.9 Å². The lowest BCUT2D eigenvalue weighted by molar-refractivity contribution is 0.311. The zero-order valence-electron chi connectivity index (χ0n) is 12.1. The molecule has 0 aliphatic rings. The van der Waals surface area contributed by atoms with Crippen molar-refractivity contribution in [1.29, 1.82) is 0 Å². The third kappa shape index (κ3) is 3.02. The van der Waals surface area contributed by atoms with Gasteiger partial charge in [0.05, 0.1) is 12.2 Å². The van der Waals surface area contributed by atoms with Crippen molar-refractivity contribution >= 4 is 10.8 Å². The fraction of sp³-hybridized carbons (Fsp3) is 0.222. The molecule has 0 saturated heterocycles. The molecule has 3 aromatic rings. The van der Waals surface area contributed by atoms with E-state index >= 15 is 0 Å². The van der Waals surface area contributed by atoms with Gasteiger partial charge in [-0.05, 0) is 35.4 Å². The van der Waals surface area contributed by atoms with Crippen LogP contribution in [0, 0.1) is 0 Å². The van der Waals surface area contributed by atoms with Gasteiger partial charge in [-0.2, -0.15) is 0 Å². The van der Waals surface area contributed by atoms with Crippen LogP contribution in [0.25, 0.3) is 22.2 Å². The molecule has 0 aliphatic heterocycles. The molecule has 1 heterocycles. The minimum atomic E-state index is 0.703. The number of hydrogen-bond acceptors (Lipinski definition) is 3. The first-order chi connectivity index (χ1) is 10.4. The van der Waals surface area contributed by atoms with E-state index in [1.807, 2.05) is 18.2 Å². The molecule has 2 aromatic carbocycles. The van der Waals surface area contributed by atoms with Gasteiger partial charge in [-0.25, -0.2) is 9.97 Å². The van der Waals surface area contributed by atoms with E-state index in [4.69, 9.17) is 4.74 Å². The van der Waals surface area contributed by atoms with E-state index in [0.29, 0.717) is 12.4 Å². The Morgan fingerprint density at radius 3 is 2.38 bits per heavy atom. The minimum Gasteiger partial charge on any atom is -0.493 e. The molecule has 21 heavy (non-hydrogen) atoms. The molecule has 0 unspecified atom stereocenters. The summed E-state index contributed by atoms with van der Waals surface area (Å²) in [4.78, 5) is 8.71. The summed E-state index contributed by atoms with van der Waals surface area (Å²) in [7, 11) is 0. The van der Waals surface area contributed by atoms with Crippen LogP contribution in [0.3, 0.4) is 0 Å². The number of ether oxygens (including phenoxy) is 1. The second kappa shape index (κ2) is 6.35. The van der Waals surface area contributed by atoms with Crippen LogP contribution in [0.4, 0.5) is 0 Å². The molecule has 0 radical (unpaired) electrons. The smallest absolute Gasteiger partial charge is 0.162 e. The fourth-order valence-electron chi connectivity index (χ4n) is 2.28. The summed E-state index contributed by atoms with van der Waals surface area (Å²) in [6.45, 7) is 2.87. The number of fused-ring (bicyclic) bond motifs is 1. The van der Waals surface area contributed by atoms with E-state index in [-0.39, 0.29) is 0 Å². The molecule has 0 amide bonds. The third-order valence-electron chi connectivity index (χ3n) is 3.41. The van der Waals surface area contributed by atoms with Gasteiger partial charge in [0.25, 0.3) is 0 Å². The van der Waals surface area contributed by atoms with E-state index in [9.17, 15) is 0 Å². The molecule has 0 aliphatic carbocycles. The summed E-state index contributed by atoms with van der Waals surface area (Å²) < 4.78 is 5.96. The highest BCUT2D eigenvalue weighted by molar-refractivity contribution is 5.89. The number of rotatable bonds is 5. The molecular formula is C18H18N2O. The summed E-state index contributed by atoms with van der Waals surface area (Å²) in [5.41, 5.74) is 0.949. The average Bonchev–Trinajstić information content (AvgIpc) is 2.55. The van der Waals surface area contributed by atoms with E-state index in [2.05, 4.69) is 41.2 Å². The highest BCUT2D eigenvalue weighted by Crippen LogP contribution is 2.32. The van der Waals surface area contributed by atoms with Gasteiger partial charge < -0.3 is 4.74 Å². The number of nitrogens with zero attached hydrogens (tertiary/aromatic N) is 2. The third-order valence-corrected chi connectivity index (χ3v) is 3.41. The van der Waals surface area contributed by atoms with Crippen molar-refractivity contribution in [3.63, 3.8) is 0 Å². The first kappa shape index (κ1) is 13.6. The molecule has 0 atom stereocenters. The molecule has 0 bridgehead atoms. The molecule has 0 fully saturated rings. The van der Waals surface area contributed by atoms with E-state index in [0.717, 1.165) is 24.2 Å².